The maximum Gasteiger partial charge on any atom is 0.236 e. The van der Waals surface area contributed by atoms with Gasteiger partial charge in [-0.3, -0.25) is 4.79 Å². The minimum atomic E-state index is -0.393. The van der Waals surface area contributed by atoms with Crippen LogP contribution in [0.4, 0.5) is 0 Å². The Bertz CT molecular complexity index is 134. The number of carbonyl (C=O) groups is 1. The Balaban J connectivity index is 3.77. The number of hydrogen-bond donors (Lipinski definition) is 2. The van der Waals surface area contributed by atoms with Gasteiger partial charge in [-0.25, -0.2) is 0 Å². The largest absolute Gasteiger partial charge is 0.352 e. The molecule has 0 rings (SSSR count). The number of amides is 1. The molecule has 0 aliphatic carbocycles. The summed E-state index contributed by atoms with van der Waals surface area (Å²) in [6.45, 7) is 5.89. The Kier molecular flexibility index (Phi) is 5.72. The highest BCUT2D eigenvalue weighted by atomic mass is 16.2. The van der Waals surface area contributed by atoms with Crippen molar-refractivity contribution in [2.75, 3.05) is 0 Å². The molecule has 2 atom stereocenters. The van der Waals surface area contributed by atoms with Crippen molar-refractivity contribution in [3.05, 3.63) is 0 Å². The molecule has 0 bridgehead atoms. The minimum absolute atomic E-state index is 0.0460. The molecule has 3 heteroatoms. The third-order valence-electron chi connectivity index (χ3n) is 1.89. The highest BCUT2D eigenvalue weighted by Crippen LogP contribution is 2.00. The third kappa shape index (κ3) is 4.34. The van der Waals surface area contributed by atoms with Crippen molar-refractivity contribution in [2.45, 2.75) is 52.1 Å². The molecule has 72 valence electrons. The van der Waals surface area contributed by atoms with Gasteiger partial charge in [0.15, 0.2) is 0 Å². The summed E-state index contributed by atoms with van der Waals surface area (Å²) in [5.41, 5.74) is 5.42. The molecular formula is C9H20N2O. The topological polar surface area (TPSA) is 55.1 Å². The molecule has 0 aliphatic heterocycles. The van der Waals surface area contributed by atoms with E-state index in [-0.39, 0.29) is 5.91 Å². The molecule has 0 fully saturated rings. The summed E-state index contributed by atoms with van der Waals surface area (Å²) in [6, 6.07) is -0.0931. The summed E-state index contributed by atoms with van der Waals surface area (Å²) in [5, 5.41) is 2.90. The maximum atomic E-state index is 11.2. The van der Waals surface area contributed by atoms with Crippen LogP contribution in [0, 0.1) is 0 Å². The second-order valence-corrected chi connectivity index (χ2v) is 3.19. The van der Waals surface area contributed by atoms with Gasteiger partial charge in [0, 0.05) is 6.04 Å². The van der Waals surface area contributed by atoms with Gasteiger partial charge in [-0.15, -0.1) is 0 Å². The molecule has 0 aromatic heterocycles. The van der Waals surface area contributed by atoms with Crippen LogP contribution in [0.5, 0.6) is 0 Å². The molecule has 0 radical (unpaired) electrons. The molecule has 12 heavy (non-hydrogen) atoms. The molecule has 0 spiro atoms. The van der Waals surface area contributed by atoms with Crippen molar-refractivity contribution in [1.29, 1.82) is 0 Å². The fraction of sp³-hybridized carbons (Fsp3) is 0.889. The van der Waals surface area contributed by atoms with E-state index in [1.54, 1.807) is 6.92 Å². The van der Waals surface area contributed by atoms with Crippen molar-refractivity contribution >= 4 is 5.91 Å². The van der Waals surface area contributed by atoms with Gasteiger partial charge >= 0.3 is 0 Å². The van der Waals surface area contributed by atoms with E-state index in [1.807, 2.05) is 0 Å². The highest BCUT2D eigenvalue weighted by Gasteiger charge is 2.11. The Morgan fingerprint density at radius 1 is 1.50 bits per heavy atom. The van der Waals surface area contributed by atoms with Crippen LogP contribution in [0.3, 0.4) is 0 Å². The van der Waals surface area contributed by atoms with E-state index in [1.165, 1.54) is 0 Å². The van der Waals surface area contributed by atoms with Crippen LogP contribution >= 0.6 is 0 Å². The van der Waals surface area contributed by atoms with Crippen molar-refractivity contribution in [3.8, 4) is 0 Å². The average Bonchev–Trinajstić information content (AvgIpc) is 2.03. The van der Waals surface area contributed by atoms with Gasteiger partial charge < -0.3 is 11.1 Å². The predicted octanol–water partition coefficient (Wildman–Crippen LogP) is 1.03. The molecule has 0 aromatic carbocycles. The van der Waals surface area contributed by atoms with E-state index in [2.05, 4.69) is 19.2 Å². The van der Waals surface area contributed by atoms with Gasteiger partial charge in [0.1, 0.15) is 0 Å². The zero-order chi connectivity index (χ0) is 9.56. The summed E-state index contributed by atoms with van der Waals surface area (Å²) in [6.07, 6.45) is 3.11. The van der Waals surface area contributed by atoms with Crippen molar-refractivity contribution in [1.82, 2.24) is 5.32 Å². The molecule has 0 aromatic rings. The van der Waals surface area contributed by atoms with Crippen molar-refractivity contribution in [3.63, 3.8) is 0 Å². The Morgan fingerprint density at radius 3 is 2.42 bits per heavy atom. The van der Waals surface area contributed by atoms with Gasteiger partial charge in [-0.1, -0.05) is 20.3 Å². The number of carbonyl (C=O) groups excluding carboxylic acids is 1. The van der Waals surface area contributed by atoms with Crippen LogP contribution in [0.1, 0.15) is 40.0 Å². The van der Waals surface area contributed by atoms with Gasteiger partial charge in [-0.2, -0.15) is 0 Å². The first-order valence-electron chi connectivity index (χ1n) is 4.67. The normalized spacial score (nSPS) is 15.3. The van der Waals surface area contributed by atoms with Gasteiger partial charge in [-0.05, 0) is 19.8 Å². The average molecular weight is 172 g/mol. The molecule has 1 amide bonds. The lowest BCUT2D eigenvalue weighted by atomic mass is 10.1. The van der Waals surface area contributed by atoms with Gasteiger partial charge in [0.25, 0.3) is 0 Å². The first kappa shape index (κ1) is 11.4. The standard InChI is InChI=1S/C9H20N2O/c1-4-6-8(5-2)11-9(12)7(3)10/h7-8H,4-6,10H2,1-3H3,(H,11,12)/t7-,8?/m0/s1. The summed E-state index contributed by atoms with van der Waals surface area (Å²) in [5.74, 6) is -0.0460. The monoisotopic (exact) mass is 172 g/mol. The molecule has 3 nitrogen and oxygen atoms in total. The lowest BCUT2D eigenvalue weighted by Gasteiger charge is -2.17. The van der Waals surface area contributed by atoms with E-state index >= 15 is 0 Å². The quantitative estimate of drug-likeness (QED) is 0.650. The minimum Gasteiger partial charge on any atom is -0.352 e. The van der Waals surface area contributed by atoms with E-state index in [4.69, 9.17) is 5.73 Å². The van der Waals surface area contributed by atoms with Crippen LogP contribution in [0.15, 0.2) is 0 Å². The Morgan fingerprint density at radius 2 is 2.08 bits per heavy atom. The van der Waals surface area contributed by atoms with Crippen molar-refractivity contribution < 1.29 is 4.79 Å². The van der Waals surface area contributed by atoms with Crippen molar-refractivity contribution in [2.24, 2.45) is 5.73 Å². The van der Waals surface area contributed by atoms with E-state index < -0.39 is 6.04 Å². The second kappa shape index (κ2) is 6.00. The van der Waals surface area contributed by atoms with Crippen LogP contribution in [-0.2, 0) is 4.79 Å². The zero-order valence-electron chi connectivity index (χ0n) is 8.26. The number of hydrogen-bond acceptors (Lipinski definition) is 2. The molecule has 0 saturated carbocycles. The molecule has 0 aliphatic rings. The lowest BCUT2D eigenvalue weighted by molar-refractivity contribution is -0.122. The third-order valence-corrected chi connectivity index (χ3v) is 1.89. The van der Waals surface area contributed by atoms with Gasteiger partial charge in [0.2, 0.25) is 5.91 Å². The van der Waals surface area contributed by atoms with Crippen LogP contribution in [0.2, 0.25) is 0 Å². The Hall–Kier alpha value is -0.570. The Labute approximate surface area is 74.7 Å². The van der Waals surface area contributed by atoms with Gasteiger partial charge in [0.05, 0.1) is 6.04 Å². The molecule has 1 unspecified atom stereocenters. The number of rotatable bonds is 5. The fourth-order valence-electron chi connectivity index (χ4n) is 1.06. The first-order chi connectivity index (χ1) is 5.61. The summed E-state index contributed by atoms with van der Waals surface area (Å²) < 4.78 is 0. The highest BCUT2D eigenvalue weighted by molar-refractivity contribution is 5.81. The molecule has 0 saturated heterocycles. The second-order valence-electron chi connectivity index (χ2n) is 3.19. The van der Waals surface area contributed by atoms with Crippen LogP contribution < -0.4 is 11.1 Å². The molecule has 0 heterocycles. The molecular weight excluding hydrogens is 152 g/mol. The zero-order valence-corrected chi connectivity index (χ0v) is 8.26. The van der Waals surface area contributed by atoms with Crippen LogP contribution in [-0.4, -0.2) is 18.0 Å². The van der Waals surface area contributed by atoms with E-state index in [9.17, 15) is 4.79 Å². The maximum absolute atomic E-state index is 11.2. The first-order valence-corrected chi connectivity index (χ1v) is 4.67. The SMILES string of the molecule is CCCC(CC)NC(=O)[C@H](C)N. The summed E-state index contributed by atoms with van der Waals surface area (Å²) in [4.78, 5) is 11.2. The van der Waals surface area contributed by atoms with E-state index in [0.29, 0.717) is 6.04 Å². The smallest absolute Gasteiger partial charge is 0.236 e. The predicted molar refractivity (Wildman–Crippen MR) is 50.8 cm³/mol. The number of nitrogens with two attached hydrogens (primary N) is 1. The summed E-state index contributed by atoms with van der Waals surface area (Å²) in [7, 11) is 0. The number of nitrogens with one attached hydrogen (secondary N) is 1. The van der Waals surface area contributed by atoms with Crippen LogP contribution in [0.25, 0.3) is 0 Å². The lowest BCUT2D eigenvalue weighted by Crippen LogP contribution is -2.43. The summed E-state index contributed by atoms with van der Waals surface area (Å²) >= 11 is 0. The van der Waals surface area contributed by atoms with E-state index in [0.717, 1.165) is 19.3 Å². The fourth-order valence-corrected chi connectivity index (χ4v) is 1.06. The molecule has 3 N–H and O–H groups in total.